The molecule has 0 aliphatic carbocycles. The largest absolute Gasteiger partial charge is 0.330 e. The minimum Gasteiger partial charge on any atom is -0.330 e. The molecule has 116 valence electrons. The summed E-state index contributed by atoms with van der Waals surface area (Å²) in [6.45, 7) is 4.66. The third-order valence-corrected chi connectivity index (χ3v) is 3.67. The number of nitrogens with one attached hydrogen (secondary N) is 1. The minimum absolute atomic E-state index is 0.0993. The van der Waals surface area contributed by atoms with Crippen LogP contribution >= 0.6 is 0 Å². The molecule has 1 heterocycles. The van der Waals surface area contributed by atoms with Crippen molar-refractivity contribution in [3.05, 3.63) is 65.5 Å². The normalized spacial score (nSPS) is 11.8. The van der Waals surface area contributed by atoms with Gasteiger partial charge >= 0.3 is 6.03 Å². The lowest BCUT2D eigenvalue weighted by atomic mass is 10.1. The highest BCUT2D eigenvalue weighted by Crippen LogP contribution is 2.10. The van der Waals surface area contributed by atoms with E-state index in [1.165, 1.54) is 5.56 Å². The van der Waals surface area contributed by atoms with Gasteiger partial charge in [0.25, 0.3) is 0 Å². The fourth-order valence-electron chi connectivity index (χ4n) is 2.23. The molecule has 0 aliphatic rings. The molecule has 1 unspecified atom stereocenters. The van der Waals surface area contributed by atoms with Gasteiger partial charge in [0.05, 0.1) is 11.7 Å². The molecule has 0 radical (unpaired) electrons. The van der Waals surface area contributed by atoms with Crippen LogP contribution in [0.3, 0.4) is 0 Å². The molecular weight excluding hydrogens is 274 g/mol. The van der Waals surface area contributed by atoms with Crippen molar-refractivity contribution < 1.29 is 4.79 Å². The van der Waals surface area contributed by atoms with Crippen LogP contribution < -0.4 is 5.32 Å². The molecule has 2 aromatic rings. The van der Waals surface area contributed by atoms with Crippen LogP contribution in [0, 0.1) is 0 Å². The van der Waals surface area contributed by atoms with Crippen LogP contribution in [0.5, 0.6) is 0 Å². The van der Waals surface area contributed by atoms with Crippen LogP contribution in [0.25, 0.3) is 0 Å². The van der Waals surface area contributed by atoms with Crippen LogP contribution in [0.4, 0.5) is 4.79 Å². The maximum Gasteiger partial charge on any atom is 0.317 e. The molecule has 0 aliphatic heterocycles. The first kappa shape index (κ1) is 16.0. The predicted molar refractivity (Wildman–Crippen MR) is 88.5 cm³/mol. The average molecular weight is 297 g/mol. The quantitative estimate of drug-likeness (QED) is 0.917. The Morgan fingerprint density at radius 1 is 1.18 bits per heavy atom. The molecule has 0 saturated heterocycles. The lowest BCUT2D eigenvalue weighted by molar-refractivity contribution is 0.203. The number of nitrogens with zero attached hydrogens (tertiary/aromatic N) is 2. The Hall–Kier alpha value is -2.36. The Kier molecular flexibility index (Phi) is 5.53. The first-order chi connectivity index (χ1) is 10.6. The third-order valence-electron chi connectivity index (χ3n) is 3.67. The first-order valence-electron chi connectivity index (χ1n) is 7.60. The van der Waals surface area contributed by atoms with Gasteiger partial charge in [-0.3, -0.25) is 4.98 Å². The van der Waals surface area contributed by atoms with Gasteiger partial charge in [0, 0.05) is 19.8 Å². The summed E-state index contributed by atoms with van der Waals surface area (Å²) < 4.78 is 0. The van der Waals surface area contributed by atoms with Crippen LogP contribution in [0.15, 0.2) is 48.7 Å². The minimum atomic E-state index is -0.112. The number of hydrogen-bond donors (Lipinski definition) is 1. The summed E-state index contributed by atoms with van der Waals surface area (Å²) in [5.74, 6) is 0. The molecule has 1 N–H and O–H groups in total. The summed E-state index contributed by atoms with van der Waals surface area (Å²) in [6, 6.07) is 13.9. The van der Waals surface area contributed by atoms with Gasteiger partial charge in [-0.25, -0.2) is 4.79 Å². The van der Waals surface area contributed by atoms with E-state index >= 15 is 0 Å². The van der Waals surface area contributed by atoms with Gasteiger partial charge in [-0.1, -0.05) is 37.3 Å². The number of aryl methyl sites for hydroxylation is 1. The summed E-state index contributed by atoms with van der Waals surface area (Å²) in [4.78, 5) is 18.2. The van der Waals surface area contributed by atoms with E-state index in [4.69, 9.17) is 0 Å². The Bertz CT molecular complexity index is 595. The van der Waals surface area contributed by atoms with Crippen molar-refractivity contribution in [2.45, 2.75) is 32.9 Å². The summed E-state index contributed by atoms with van der Waals surface area (Å²) in [7, 11) is 1.80. The van der Waals surface area contributed by atoms with Crippen LogP contribution in [-0.2, 0) is 13.0 Å². The molecule has 2 rings (SSSR count). The lowest BCUT2D eigenvalue weighted by Crippen LogP contribution is -2.38. The highest BCUT2D eigenvalue weighted by atomic mass is 16.2. The number of carbonyl (C=O) groups is 1. The molecule has 22 heavy (non-hydrogen) atoms. The Labute approximate surface area is 132 Å². The van der Waals surface area contributed by atoms with Crippen molar-refractivity contribution in [2.24, 2.45) is 0 Å². The summed E-state index contributed by atoms with van der Waals surface area (Å²) in [5.41, 5.74) is 3.29. The van der Waals surface area contributed by atoms with Gasteiger partial charge in [-0.2, -0.15) is 0 Å². The Morgan fingerprint density at radius 2 is 1.86 bits per heavy atom. The van der Waals surface area contributed by atoms with Crippen molar-refractivity contribution in [3.8, 4) is 0 Å². The Balaban J connectivity index is 1.91. The molecule has 1 aromatic heterocycles. The van der Waals surface area contributed by atoms with E-state index < -0.39 is 0 Å². The van der Waals surface area contributed by atoms with Crippen molar-refractivity contribution >= 4 is 6.03 Å². The lowest BCUT2D eigenvalue weighted by Gasteiger charge is -2.21. The van der Waals surface area contributed by atoms with E-state index in [-0.39, 0.29) is 12.1 Å². The van der Waals surface area contributed by atoms with E-state index in [0.29, 0.717) is 6.54 Å². The second-order valence-corrected chi connectivity index (χ2v) is 5.45. The van der Waals surface area contributed by atoms with Gasteiger partial charge in [-0.15, -0.1) is 0 Å². The highest BCUT2D eigenvalue weighted by molar-refractivity contribution is 5.74. The molecule has 1 aromatic carbocycles. The average Bonchev–Trinajstić information content (AvgIpc) is 2.56. The van der Waals surface area contributed by atoms with Gasteiger partial charge < -0.3 is 10.2 Å². The third kappa shape index (κ3) is 4.32. The smallest absolute Gasteiger partial charge is 0.317 e. The molecular formula is C18H23N3O. The highest BCUT2D eigenvalue weighted by Gasteiger charge is 2.14. The fourth-order valence-corrected chi connectivity index (χ4v) is 2.23. The number of rotatable bonds is 5. The van der Waals surface area contributed by atoms with Crippen LogP contribution in [0.2, 0.25) is 0 Å². The monoisotopic (exact) mass is 297 g/mol. The van der Waals surface area contributed by atoms with Gasteiger partial charge in [0.2, 0.25) is 0 Å². The van der Waals surface area contributed by atoms with Crippen molar-refractivity contribution in [1.29, 1.82) is 0 Å². The fraction of sp³-hybridized carbons (Fsp3) is 0.333. The van der Waals surface area contributed by atoms with E-state index in [2.05, 4.69) is 41.5 Å². The molecule has 4 heteroatoms. The van der Waals surface area contributed by atoms with Crippen LogP contribution in [-0.4, -0.2) is 23.0 Å². The molecule has 4 nitrogen and oxygen atoms in total. The summed E-state index contributed by atoms with van der Waals surface area (Å²) in [6.07, 6.45) is 2.76. The number of urea groups is 1. The second-order valence-electron chi connectivity index (χ2n) is 5.45. The maximum atomic E-state index is 12.2. The van der Waals surface area contributed by atoms with E-state index in [1.54, 1.807) is 18.1 Å². The van der Waals surface area contributed by atoms with E-state index in [1.807, 2.05) is 25.1 Å². The molecule has 2 amide bonds. The topological polar surface area (TPSA) is 45.2 Å². The number of carbonyl (C=O) groups excluding carboxylic acids is 1. The number of amides is 2. The number of benzene rings is 1. The molecule has 0 bridgehead atoms. The SMILES string of the molecule is CCc1ccc(CN(C)C(=O)NC(C)c2ccccn2)cc1. The molecule has 0 saturated carbocycles. The maximum absolute atomic E-state index is 12.2. The molecule has 0 fully saturated rings. The van der Waals surface area contributed by atoms with E-state index in [0.717, 1.165) is 17.7 Å². The number of pyridine rings is 1. The number of aromatic nitrogens is 1. The second kappa shape index (κ2) is 7.59. The molecule has 0 spiro atoms. The number of hydrogen-bond acceptors (Lipinski definition) is 2. The van der Waals surface area contributed by atoms with Gasteiger partial charge in [-0.05, 0) is 36.6 Å². The van der Waals surface area contributed by atoms with Crippen molar-refractivity contribution in [1.82, 2.24) is 15.2 Å². The zero-order chi connectivity index (χ0) is 15.9. The molecule has 1 atom stereocenters. The van der Waals surface area contributed by atoms with Crippen molar-refractivity contribution in [3.63, 3.8) is 0 Å². The summed E-state index contributed by atoms with van der Waals surface area (Å²) in [5, 5.41) is 2.96. The van der Waals surface area contributed by atoms with Gasteiger partial charge in [0.15, 0.2) is 0 Å². The zero-order valence-corrected chi connectivity index (χ0v) is 13.4. The Morgan fingerprint density at radius 3 is 2.45 bits per heavy atom. The van der Waals surface area contributed by atoms with Gasteiger partial charge in [0.1, 0.15) is 0 Å². The van der Waals surface area contributed by atoms with Crippen molar-refractivity contribution in [2.75, 3.05) is 7.05 Å². The summed E-state index contributed by atoms with van der Waals surface area (Å²) >= 11 is 0. The zero-order valence-electron chi connectivity index (χ0n) is 13.4. The first-order valence-corrected chi connectivity index (χ1v) is 7.60. The van der Waals surface area contributed by atoms with E-state index in [9.17, 15) is 4.79 Å². The standard InChI is InChI=1S/C18H23N3O/c1-4-15-8-10-16(11-9-15)13-21(3)18(22)20-14(2)17-7-5-6-12-19-17/h5-12,14H,4,13H2,1-3H3,(H,20,22). The predicted octanol–water partition coefficient (Wildman–Crippen LogP) is 3.55. The van der Waals surface area contributed by atoms with Crippen LogP contribution in [0.1, 0.15) is 36.7 Å².